The number of aryl methyl sites for hydroxylation is 1. The predicted molar refractivity (Wildman–Crippen MR) is 123 cm³/mol. The third-order valence-corrected chi connectivity index (χ3v) is 5.29. The maximum absolute atomic E-state index is 6.19. The summed E-state index contributed by atoms with van der Waals surface area (Å²) in [6.07, 6.45) is 0. The van der Waals surface area contributed by atoms with Crippen molar-refractivity contribution in [2.24, 2.45) is 4.99 Å². The molecule has 0 unspecified atom stereocenters. The number of fused-ring (bicyclic) bond motifs is 1. The number of ether oxygens (including phenoxy) is 1. The van der Waals surface area contributed by atoms with Gasteiger partial charge in [-0.3, -0.25) is 0 Å². The molecular formula is C25H18ClN3O3. The predicted octanol–water partition coefficient (Wildman–Crippen LogP) is 6.35. The summed E-state index contributed by atoms with van der Waals surface area (Å²) in [6, 6.07) is 22.6. The average molecular weight is 444 g/mol. The van der Waals surface area contributed by atoms with Crippen LogP contribution in [0.3, 0.4) is 0 Å². The number of benzene rings is 3. The van der Waals surface area contributed by atoms with E-state index in [2.05, 4.69) is 10.1 Å². The molecule has 2 heterocycles. The number of methoxy groups -OCH3 is 1. The zero-order valence-electron chi connectivity index (χ0n) is 17.4. The molecule has 6 nitrogen and oxygen atoms in total. The Labute approximate surface area is 188 Å². The van der Waals surface area contributed by atoms with E-state index in [9.17, 15) is 0 Å². The van der Waals surface area contributed by atoms with Gasteiger partial charge in [0.25, 0.3) is 5.89 Å². The fourth-order valence-electron chi connectivity index (χ4n) is 3.31. The second-order valence-electron chi connectivity index (χ2n) is 7.20. The van der Waals surface area contributed by atoms with E-state index in [1.165, 1.54) is 0 Å². The molecule has 0 aliphatic carbocycles. The van der Waals surface area contributed by atoms with Crippen molar-refractivity contribution in [1.82, 2.24) is 10.1 Å². The molecule has 0 fully saturated rings. The fourth-order valence-corrected chi connectivity index (χ4v) is 3.47. The van der Waals surface area contributed by atoms with Crippen molar-refractivity contribution in [2.45, 2.75) is 6.92 Å². The molecule has 3 aromatic carbocycles. The highest BCUT2D eigenvalue weighted by Crippen LogP contribution is 2.26. The first-order chi connectivity index (χ1) is 15.6. The molecule has 0 radical (unpaired) electrons. The maximum Gasteiger partial charge on any atom is 0.263 e. The molecule has 2 aromatic heterocycles. The third-order valence-electron chi connectivity index (χ3n) is 5.05. The zero-order chi connectivity index (χ0) is 22.1. The molecule has 0 aliphatic rings. The van der Waals surface area contributed by atoms with E-state index in [-0.39, 0.29) is 0 Å². The van der Waals surface area contributed by atoms with Crippen molar-refractivity contribution >= 4 is 28.3 Å². The van der Waals surface area contributed by atoms with Crippen molar-refractivity contribution in [3.8, 4) is 28.6 Å². The Balaban J connectivity index is 1.68. The van der Waals surface area contributed by atoms with Crippen LogP contribution in [0.5, 0.6) is 5.75 Å². The molecular weight excluding hydrogens is 426 g/mol. The summed E-state index contributed by atoms with van der Waals surface area (Å²) in [5.74, 6) is 1.52. The Bertz CT molecular complexity index is 1490. The van der Waals surface area contributed by atoms with Gasteiger partial charge in [0, 0.05) is 16.0 Å². The quantitative estimate of drug-likeness (QED) is 0.323. The Hall–Kier alpha value is -3.90. The highest BCUT2D eigenvalue weighted by molar-refractivity contribution is 6.30. The Morgan fingerprint density at radius 3 is 2.59 bits per heavy atom. The summed E-state index contributed by atoms with van der Waals surface area (Å²) in [6.45, 7) is 1.96. The summed E-state index contributed by atoms with van der Waals surface area (Å²) in [5.41, 5.74) is 4.13. The number of para-hydroxylation sites is 1. The van der Waals surface area contributed by atoms with Crippen LogP contribution in [0.25, 0.3) is 33.8 Å². The molecule has 7 heteroatoms. The van der Waals surface area contributed by atoms with Gasteiger partial charge < -0.3 is 13.7 Å². The van der Waals surface area contributed by atoms with Crippen molar-refractivity contribution in [1.29, 1.82) is 0 Å². The lowest BCUT2D eigenvalue weighted by Crippen LogP contribution is -2.06. The number of aromatic nitrogens is 2. The molecule has 0 saturated heterocycles. The molecule has 0 aliphatic heterocycles. The molecule has 158 valence electrons. The summed E-state index contributed by atoms with van der Waals surface area (Å²) >= 11 is 6.19. The van der Waals surface area contributed by atoms with E-state index in [1.54, 1.807) is 13.2 Å². The van der Waals surface area contributed by atoms with E-state index in [0.29, 0.717) is 39.1 Å². The van der Waals surface area contributed by atoms with Crippen LogP contribution >= 0.6 is 11.6 Å². The third kappa shape index (κ3) is 3.88. The second kappa shape index (κ2) is 8.32. The van der Waals surface area contributed by atoms with E-state index in [1.807, 2.05) is 73.7 Å². The Kier molecular flexibility index (Phi) is 5.21. The smallest absolute Gasteiger partial charge is 0.263 e. The van der Waals surface area contributed by atoms with E-state index in [4.69, 9.17) is 30.3 Å². The lowest BCUT2D eigenvalue weighted by molar-refractivity contribution is 0.414. The van der Waals surface area contributed by atoms with Crippen molar-refractivity contribution in [3.63, 3.8) is 0 Å². The van der Waals surface area contributed by atoms with Gasteiger partial charge in [0.05, 0.1) is 12.8 Å². The summed E-state index contributed by atoms with van der Waals surface area (Å²) in [5, 5.41) is 5.64. The van der Waals surface area contributed by atoms with Gasteiger partial charge in [0.15, 0.2) is 0 Å². The minimum atomic E-state index is 0.309. The van der Waals surface area contributed by atoms with Gasteiger partial charge in [-0.1, -0.05) is 41.0 Å². The molecule has 0 saturated carbocycles. The lowest BCUT2D eigenvalue weighted by Gasteiger charge is -2.03. The number of rotatable bonds is 4. The minimum Gasteiger partial charge on any atom is -0.497 e. The highest BCUT2D eigenvalue weighted by Gasteiger charge is 2.16. The number of hydrogen-bond donors (Lipinski definition) is 0. The number of nitrogens with zero attached hydrogens (tertiary/aromatic N) is 3. The molecule has 0 amide bonds. The normalized spacial score (nSPS) is 11.8. The summed E-state index contributed by atoms with van der Waals surface area (Å²) in [7, 11) is 1.62. The SMILES string of the molecule is COc1ccc(-c2noc(-c3cc4ccccc4oc3=Nc3cc(Cl)ccc3C)n2)cc1. The van der Waals surface area contributed by atoms with Crippen molar-refractivity contribution in [2.75, 3.05) is 7.11 Å². The monoisotopic (exact) mass is 443 g/mol. The second-order valence-corrected chi connectivity index (χ2v) is 7.63. The van der Waals surface area contributed by atoms with Crippen LogP contribution in [0.15, 0.2) is 86.7 Å². The van der Waals surface area contributed by atoms with Crippen LogP contribution in [-0.2, 0) is 0 Å². The van der Waals surface area contributed by atoms with Crippen LogP contribution in [0.4, 0.5) is 5.69 Å². The maximum atomic E-state index is 6.19. The largest absolute Gasteiger partial charge is 0.497 e. The van der Waals surface area contributed by atoms with Gasteiger partial charge in [0.1, 0.15) is 16.9 Å². The van der Waals surface area contributed by atoms with Crippen molar-refractivity contribution in [3.05, 3.63) is 88.9 Å². The van der Waals surface area contributed by atoms with Gasteiger partial charge in [-0.2, -0.15) is 4.98 Å². The molecule has 0 spiro atoms. The number of halogens is 1. The minimum absolute atomic E-state index is 0.309. The molecule has 5 aromatic rings. The van der Waals surface area contributed by atoms with Gasteiger partial charge in [-0.15, -0.1) is 0 Å². The zero-order valence-corrected chi connectivity index (χ0v) is 18.1. The van der Waals surface area contributed by atoms with E-state index < -0.39 is 0 Å². The molecule has 0 bridgehead atoms. The van der Waals surface area contributed by atoms with Crippen LogP contribution in [0.1, 0.15) is 5.56 Å². The van der Waals surface area contributed by atoms with Crippen molar-refractivity contribution < 1.29 is 13.7 Å². The fraction of sp³-hybridized carbons (Fsp3) is 0.0800. The average Bonchev–Trinajstić information content (AvgIpc) is 3.31. The first kappa shape index (κ1) is 20.0. The molecule has 5 rings (SSSR count). The Morgan fingerprint density at radius 1 is 0.969 bits per heavy atom. The summed E-state index contributed by atoms with van der Waals surface area (Å²) < 4.78 is 17.0. The molecule has 0 N–H and O–H groups in total. The van der Waals surface area contributed by atoms with Gasteiger partial charge in [-0.25, -0.2) is 4.99 Å². The standard InChI is InChI=1S/C25H18ClN3O3/c1-15-7-10-18(26)14-21(15)27-24-20(13-17-5-3-4-6-22(17)31-24)25-28-23(29-32-25)16-8-11-19(30-2)12-9-16/h3-14H,1-2H3. The highest BCUT2D eigenvalue weighted by atomic mass is 35.5. The number of hydrogen-bond acceptors (Lipinski definition) is 6. The topological polar surface area (TPSA) is 73.7 Å². The van der Waals surface area contributed by atoms with Crippen LogP contribution in [0.2, 0.25) is 5.02 Å². The van der Waals surface area contributed by atoms with E-state index in [0.717, 1.165) is 22.3 Å². The van der Waals surface area contributed by atoms with E-state index >= 15 is 0 Å². The van der Waals surface area contributed by atoms with Gasteiger partial charge >= 0.3 is 0 Å². The van der Waals surface area contributed by atoms with Gasteiger partial charge in [-0.05, 0) is 61.0 Å². The van der Waals surface area contributed by atoms with Crippen LogP contribution < -0.4 is 10.3 Å². The molecule has 32 heavy (non-hydrogen) atoms. The van der Waals surface area contributed by atoms with Gasteiger partial charge in [0.2, 0.25) is 11.4 Å². The Morgan fingerprint density at radius 2 is 1.78 bits per heavy atom. The first-order valence-electron chi connectivity index (χ1n) is 9.93. The first-order valence-corrected chi connectivity index (χ1v) is 10.3. The lowest BCUT2D eigenvalue weighted by atomic mass is 10.1. The summed E-state index contributed by atoms with van der Waals surface area (Å²) in [4.78, 5) is 9.33. The van der Waals surface area contributed by atoms with Crippen LogP contribution in [-0.4, -0.2) is 17.3 Å². The van der Waals surface area contributed by atoms with Crippen LogP contribution in [0, 0.1) is 6.92 Å². The molecule has 0 atom stereocenters.